The van der Waals surface area contributed by atoms with Crippen LogP contribution in [-0.4, -0.2) is 14.9 Å². The molecule has 1 atom stereocenters. The first-order chi connectivity index (χ1) is 11.4. The van der Waals surface area contributed by atoms with Crippen molar-refractivity contribution in [3.8, 4) is 0 Å². The Balaban J connectivity index is 1.54. The van der Waals surface area contributed by atoms with Crippen LogP contribution in [0.15, 0.2) is 45.9 Å². The molecule has 0 saturated heterocycles. The topological polar surface area (TPSA) is 34.0 Å². The summed E-state index contributed by atoms with van der Waals surface area (Å²) >= 11 is 3.62. The van der Waals surface area contributed by atoms with Crippen LogP contribution in [0.1, 0.15) is 54.8 Å². The molecule has 5 rings (SSSR count). The van der Waals surface area contributed by atoms with Crippen molar-refractivity contribution in [2.75, 3.05) is 5.01 Å². The number of aromatic nitrogens is 3. The first-order valence-corrected chi connectivity index (χ1v) is 10.0. The summed E-state index contributed by atoms with van der Waals surface area (Å²) in [5.74, 6) is 1.73. The zero-order chi connectivity index (χ0) is 15.2. The minimum absolute atomic E-state index is 0.290. The molecule has 4 nitrogen and oxygen atoms in total. The molecule has 0 N–H and O–H groups in total. The number of benzene rings is 1. The molecule has 1 aliphatic carbocycles. The summed E-state index contributed by atoms with van der Waals surface area (Å²) in [7, 11) is 0. The fourth-order valence-corrected chi connectivity index (χ4v) is 5.95. The smallest absolute Gasteiger partial charge is 0.216 e. The van der Waals surface area contributed by atoms with Gasteiger partial charge < -0.3 is 0 Å². The number of thioether (sulfide) groups is 2. The summed E-state index contributed by atoms with van der Waals surface area (Å²) in [6, 6.07) is 10.7. The molecule has 1 fully saturated rings. The van der Waals surface area contributed by atoms with Crippen molar-refractivity contribution in [1.82, 2.24) is 14.9 Å². The minimum Gasteiger partial charge on any atom is -0.252 e. The zero-order valence-electron chi connectivity index (χ0n) is 12.8. The maximum Gasteiger partial charge on any atom is 0.216 e. The molecule has 1 unspecified atom stereocenters. The minimum atomic E-state index is 0.290. The van der Waals surface area contributed by atoms with Crippen LogP contribution < -0.4 is 5.01 Å². The Morgan fingerprint density at radius 2 is 1.83 bits per heavy atom. The van der Waals surface area contributed by atoms with E-state index in [1.807, 2.05) is 11.8 Å². The van der Waals surface area contributed by atoms with Crippen LogP contribution in [0.2, 0.25) is 0 Å². The van der Waals surface area contributed by atoms with Gasteiger partial charge in [0, 0.05) is 11.3 Å². The predicted molar refractivity (Wildman–Crippen MR) is 94.8 cm³/mol. The van der Waals surface area contributed by atoms with E-state index in [-0.39, 0.29) is 0 Å². The van der Waals surface area contributed by atoms with Crippen LogP contribution >= 0.6 is 23.5 Å². The number of nitrogens with zero attached hydrogens (tertiary/aromatic N) is 4. The van der Waals surface area contributed by atoms with Crippen LogP contribution in [0.3, 0.4) is 0 Å². The van der Waals surface area contributed by atoms with Crippen LogP contribution in [0.4, 0.5) is 0 Å². The van der Waals surface area contributed by atoms with Crippen LogP contribution in [0.25, 0.3) is 0 Å². The van der Waals surface area contributed by atoms with Crippen molar-refractivity contribution in [2.24, 2.45) is 0 Å². The lowest BCUT2D eigenvalue weighted by atomic mass is 9.89. The van der Waals surface area contributed by atoms with Gasteiger partial charge in [-0.1, -0.05) is 61.4 Å². The van der Waals surface area contributed by atoms with Gasteiger partial charge in [-0.25, -0.2) is 4.68 Å². The molecule has 0 amide bonds. The second kappa shape index (κ2) is 5.60. The molecule has 23 heavy (non-hydrogen) atoms. The molecule has 2 aromatic rings. The van der Waals surface area contributed by atoms with Gasteiger partial charge in [0.1, 0.15) is 10.4 Å². The number of rotatable bonds is 2. The first-order valence-electron chi connectivity index (χ1n) is 8.25. The summed E-state index contributed by atoms with van der Waals surface area (Å²) in [5.41, 5.74) is 1.33. The third kappa shape index (κ3) is 2.22. The zero-order valence-corrected chi connectivity index (χ0v) is 14.4. The largest absolute Gasteiger partial charge is 0.252 e. The van der Waals surface area contributed by atoms with Crippen molar-refractivity contribution in [3.05, 3.63) is 52.2 Å². The lowest BCUT2D eigenvalue weighted by Gasteiger charge is -2.28. The number of fused-ring (bicyclic) bond motifs is 3. The average Bonchev–Trinajstić information content (AvgIpc) is 3.27. The fourth-order valence-electron chi connectivity index (χ4n) is 3.71. The average molecular weight is 342 g/mol. The highest BCUT2D eigenvalue weighted by atomic mass is 32.2. The van der Waals surface area contributed by atoms with Gasteiger partial charge in [0.25, 0.3) is 0 Å². The summed E-state index contributed by atoms with van der Waals surface area (Å²) < 4.78 is 2.30. The van der Waals surface area contributed by atoms with Gasteiger partial charge in [-0.2, -0.15) is 0 Å². The Kier molecular flexibility index (Phi) is 3.40. The Hall–Kier alpha value is -1.40. The Morgan fingerprint density at radius 1 is 1.00 bits per heavy atom. The van der Waals surface area contributed by atoms with E-state index in [9.17, 15) is 0 Å². The van der Waals surface area contributed by atoms with Crippen molar-refractivity contribution >= 4 is 23.5 Å². The van der Waals surface area contributed by atoms with Crippen molar-refractivity contribution in [2.45, 2.75) is 48.6 Å². The second-order valence-electron chi connectivity index (χ2n) is 6.29. The molecule has 1 aromatic heterocycles. The lowest BCUT2D eigenvalue weighted by molar-refractivity contribution is 0.411. The summed E-state index contributed by atoms with van der Waals surface area (Å²) in [6.45, 7) is 0. The van der Waals surface area contributed by atoms with Gasteiger partial charge in [-0.15, -0.1) is 10.2 Å². The summed E-state index contributed by atoms with van der Waals surface area (Å²) in [5, 5.41) is 16.3. The van der Waals surface area contributed by atoms with E-state index in [1.165, 1.54) is 48.5 Å². The maximum absolute atomic E-state index is 4.56. The standard InChI is InChI=1S/C17H18N4S2/c1-3-7-12(8-4-1)15-18-19-17-21(15)20-14(23-17)11-22-16(20)13-9-5-2-6-10-13/h2,5-6,9-12,16H,1,3-4,7-8H2. The molecule has 0 bridgehead atoms. The first kappa shape index (κ1) is 14.0. The van der Waals surface area contributed by atoms with Crippen molar-refractivity contribution < 1.29 is 0 Å². The summed E-state index contributed by atoms with van der Waals surface area (Å²) in [6.07, 6.45) is 6.50. The van der Waals surface area contributed by atoms with Gasteiger partial charge >= 0.3 is 0 Å². The third-order valence-electron chi connectivity index (χ3n) is 4.85. The SMILES string of the molecule is C1=C2Sc3nnc(C4CCCCC4)n3N2C(c2ccccc2)S1. The van der Waals surface area contributed by atoms with Gasteiger partial charge in [-0.05, 0) is 30.2 Å². The Bertz CT molecular complexity index is 749. The monoisotopic (exact) mass is 342 g/mol. The molecule has 0 radical (unpaired) electrons. The molecule has 2 aliphatic heterocycles. The van der Waals surface area contributed by atoms with E-state index in [4.69, 9.17) is 0 Å². The second-order valence-corrected chi connectivity index (χ2v) is 8.23. The highest BCUT2D eigenvalue weighted by Gasteiger charge is 2.40. The molecule has 3 aliphatic rings. The van der Waals surface area contributed by atoms with Crippen molar-refractivity contribution in [1.29, 1.82) is 0 Å². The van der Waals surface area contributed by atoms with Crippen LogP contribution in [-0.2, 0) is 0 Å². The highest BCUT2D eigenvalue weighted by molar-refractivity contribution is 8.07. The maximum atomic E-state index is 4.56. The summed E-state index contributed by atoms with van der Waals surface area (Å²) in [4.78, 5) is 0. The van der Waals surface area contributed by atoms with Crippen molar-refractivity contribution in [3.63, 3.8) is 0 Å². The Labute approximate surface area is 144 Å². The molecule has 1 saturated carbocycles. The van der Waals surface area contributed by atoms with Crippen LogP contribution in [0.5, 0.6) is 0 Å². The van der Waals surface area contributed by atoms with Gasteiger partial charge in [0.05, 0.1) is 0 Å². The van der Waals surface area contributed by atoms with Gasteiger partial charge in [0.15, 0.2) is 5.82 Å². The highest BCUT2D eigenvalue weighted by Crippen LogP contribution is 2.52. The molecule has 3 heterocycles. The Morgan fingerprint density at radius 3 is 2.65 bits per heavy atom. The normalized spacial score (nSPS) is 23.7. The molecule has 1 aromatic carbocycles. The van der Waals surface area contributed by atoms with Gasteiger partial charge in [0.2, 0.25) is 5.16 Å². The molecule has 118 valence electrons. The quantitative estimate of drug-likeness (QED) is 0.796. The van der Waals surface area contributed by atoms with Gasteiger partial charge in [-0.3, -0.25) is 5.01 Å². The molecule has 6 heteroatoms. The van der Waals surface area contributed by atoms with E-state index < -0.39 is 0 Å². The van der Waals surface area contributed by atoms with E-state index in [1.54, 1.807) is 11.8 Å². The number of hydrogen-bond donors (Lipinski definition) is 0. The fraction of sp³-hybridized carbons (Fsp3) is 0.412. The molecular formula is C17H18N4S2. The van der Waals surface area contributed by atoms with E-state index in [0.717, 1.165) is 5.16 Å². The lowest BCUT2D eigenvalue weighted by Crippen LogP contribution is -2.31. The molecule has 0 spiro atoms. The molecular weight excluding hydrogens is 324 g/mol. The van der Waals surface area contributed by atoms with Crippen LogP contribution in [0, 0.1) is 0 Å². The van der Waals surface area contributed by atoms with E-state index in [0.29, 0.717) is 11.3 Å². The van der Waals surface area contributed by atoms with E-state index in [2.05, 4.69) is 55.6 Å². The third-order valence-corrected chi connectivity index (χ3v) is 7.04. The predicted octanol–water partition coefficient (Wildman–Crippen LogP) is 4.61. The van der Waals surface area contributed by atoms with E-state index >= 15 is 0 Å². The number of hydrogen-bond acceptors (Lipinski definition) is 5.